The summed E-state index contributed by atoms with van der Waals surface area (Å²) in [6, 6.07) is 2.77. The minimum atomic E-state index is 0.0400. The van der Waals surface area contributed by atoms with E-state index < -0.39 is 0 Å². The highest BCUT2D eigenvalue weighted by atomic mass is 16.5. The van der Waals surface area contributed by atoms with Crippen molar-refractivity contribution in [2.75, 3.05) is 0 Å². The molecule has 0 saturated heterocycles. The Balaban J connectivity index is 2.78. The van der Waals surface area contributed by atoms with Crippen LogP contribution in [0, 0.1) is 0 Å². The second-order valence-corrected chi connectivity index (χ2v) is 1.57. The lowest BCUT2D eigenvalue weighted by atomic mass is 10.4. The topological polar surface area (TPSA) is 59.4 Å². The van der Waals surface area contributed by atoms with E-state index in [4.69, 9.17) is 5.11 Å². The van der Waals surface area contributed by atoms with Gasteiger partial charge in [0.05, 0.1) is 6.20 Å². The first-order chi connectivity index (χ1) is 4.83. The van der Waals surface area contributed by atoms with E-state index in [0.29, 0.717) is 0 Å². The van der Waals surface area contributed by atoms with Crippen LogP contribution in [0.3, 0.4) is 0 Å². The molecule has 0 bridgehead atoms. The molecular formula is C6H5NO3. The van der Waals surface area contributed by atoms with Gasteiger partial charge in [-0.3, -0.25) is 4.79 Å². The second kappa shape index (κ2) is 2.82. The first kappa shape index (κ1) is 6.54. The maximum Gasteiger partial charge on any atom is 0.299 e. The van der Waals surface area contributed by atoms with Crippen molar-refractivity contribution in [3.63, 3.8) is 0 Å². The van der Waals surface area contributed by atoms with E-state index in [1.807, 2.05) is 0 Å². The molecule has 1 aromatic heterocycles. The number of rotatable bonds is 2. The van der Waals surface area contributed by atoms with E-state index in [1.54, 1.807) is 0 Å². The molecule has 0 aliphatic rings. The third-order valence-electron chi connectivity index (χ3n) is 0.890. The Kier molecular flexibility index (Phi) is 1.84. The molecular weight excluding hydrogens is 134 g/mol. The quantitative estimate of drug-likeness (QED) is 0.599. The number of aromatic nitrogens is 1. The molecule has 0 fully saturated rings. The molecule has 4 heteroatoms. The molecule has 0 unspecified atom stereocenters. The smallest absolute Gasteiger partial charge is 0.299 e. The molecule has 0 aliphatic heterocycles. The molecule has 0 radical (unpaired) electrons. The SMILES string of the molecule is O=COc1ccc(O)cn1. The molecule has 1 aromatic rings. The molecule has 0 saturated carbocycles. The van der Waals surface area contributed by atoms with Crippen LogP contribution in [0.15, 0.2) is 18.3 Å². The summed E-state index contributed by atoms with van der Waals surface area (Å²) in [4.78, 5) is 13.3. The van der Waals surface area contributed by atoms with Gasteiger partial charge in [0, 0.05) is 6.07 Å². The molecule has 0 aliphatic carbocycles. The number of hydrogen-bond acceptors (Lipinski definition) is 4. The van der Waals surface area contributed by atoms with Crippen LogP contribution in [0.5, 0.6) is 11.6 Å². The molecule has 10 heavy (non-hydrogen) atoms. The van der Waals surface area contributed by atoms with Crippen molar-refractivity contribution in [2.24, 2.45) is 0 Å². The van der Waals surface area contributed by atoms with Crippen LogP contribution in [0.1, 0.15) is 0 Å². The lowest BCUT2D eigenvalue weighted by Crippen LogP contribution is -1.89. The molecule has 0 spiro atoms. The predicted octanol–water partition coefficient (Wildman–Crippen LogP) is 0.322. The summed E-state index contributed by atoms with van der Waals surface area (Å²) in [6.07, 6.45) is 1.19. The normalized spacial score (nSPS) is 8.80. The van der Waals surface area contributed by atoms with Crippen molar-refractivity contribution >= 4 is 6.47 Å². The van der Waals surface area contributed by atoms with Gasteiger partial charge in [0.25, 0.3) is 6.47 Å². The molecule has 4 nitrogen and oxygen atoms in total. The first-order valence-corrected chi connectivity index (χ1v) is 2.58. The van der Waals surface area contributed by atoms with Crippen LogP contribution >= 0.6 is 0 Å². The third kappa shape index (κ3) is 1.45. The summed E-state index contributed by atoms with van der Waals surface area (Å²) in [7, 11) is 0. The fourth-order valence-electron chi connectivity index (χ4n) is 0.491. The van der Waals surface area contributed by atoms with Crippen molar-refractivity contribution in [1.82, 2.24) is 4.98 Å². The summed E-state index contributed by atoms with van der Waals surface area (Å²) in [5.74, 6) is 0.214. The van der Waals surface area contributed by atoms with E-state index in [0.717, 1.165) is 0 Å². The van der Waals surface area contributed by atoms with Crippen LogP contribution in [0.25, 0.3) is 0 Å². The minimum Gasteiger partial charge on any atom is -0.506 e. The number of hydrogen-bond donors (Lipinski definition) is 1. The van der Waals surface area contributed by atoms with Crippen molar-refractivity contribution in [1.29, 1.82) is 0 Å². The standard InChI is InChI=1S/C6H5NO3/c8-4-10-6-2-1-5(9)3-7-6/h1-4,9H. The number of ether oxygens (including phenoxy) is 1. The van der Waals surface area contributed by atoms with E-state index in [9.17, 15) is 4.79 Å². The van der Waals surface area contributed by atoms with Crippen LogP contribution < -0.4 is 4.74 Å². The lowest BCUT2D eigenvalue weighted by Gasteiger charge is -1.93. The first-order valence-electron chi connectivity index (χ1n) is 2.58. The highest BCUT2D eigenvalue weighted by Gasteiger charge is 1.91. The van der Waals surface area contributed by atoms with Crippen LogP contribution in [-0.2, 0) is 4.79 Å². The summed E-state index contributed by atoms with van der Waals surface area (Å²) in [5.41, 5.74) is 0. The number of carbonyl (C=O) groups excluding carboxylic acids is 1. The van der Waals surface area contributed by atoms with Crippen molar-refractivity contribution in [3.8, 4) is 11.6 Å². The van der Waals surface area contributed by atoms with Crippen LogP contribution in [0.4, 0.5) is 0 Å². The Morgan fingerprint density at radius 1 is 1.60 bits per heavy atom. The van der Waals surface area contributed by atoms with Gasteiger partial charge in [-0.1, -0.05) is 0 Å². The highest BCUT2D eigenvalue weighted by Crippen LogP contribution is 2.10. The predicted molar refractivity (Wildman–Crippen MR) is 32.6 cm³/mol. The summed E-state index contributed by atoms with van der Waals surface area (Å²) >= 11 is 0. The van der Waals surface area contributed by atoms with Crippen molar-refractivity contribution < 1.29 is 14.6 Å². The average molecular weight is 139 g/mol. The van der Waals surface area contributed by atoms with Crippen LogP contribution in [-0.4, -0.2) is 16.6 Å². The molecule has 52 valence electrons. The molecule has 1 N–H and O–H groups in total. The molecule has 0 amide bonds. The van der Waals surface area contributed by atoms with Gasteiger partial charge in [0.1, 0.15) is 5.75 Å². The number of pyridine rings is 1. The zero-order chi connectivity index (χ0) is 7.40. The summed E-state index contributed by atoms with van der Waals surface area (Å²) in [6.45, 7) is 0.277. The maximum atomic E-state index is 9.73. The van der Waals surface area contributed by atoms with Gasteiger partial charge in [-0.2, -0.15) is 0 Å². The zero-order valence-electron chi connectivity index (χ0n) is 5.02. The Morgan fingerprint density at radius 3 is 2.90 bits per heavy atom. The summed E-state index contributed by atoms with van der Waals surface area (Å²) < 4.78 is 4.36. The fraction of sp³-hybridized carbons (Fsp3) is 0. The Hall–Kier alpha value is -1.58. The molecule has 1 heterocycles. The number of aromatic hydroxyl groups is 1. The molecule has 0 aromatic carbocycles. The monoisotopic (exact) mass is 139 g/mol. The molecule has 0 atom stereocenters. The summed E-state index contributed by atoms with van der Waals surface area (Å²) in [5, 5.41) is 8.72. The van der Waals surface area contributed by atoms with E-state index in [-0.39, 0.29) is 18.1 Å². The third-order valence-corrected chi connectivity index (χ3v) is 0.890. The Bertz CT molecular complexity index is 219. The highest BCUT2D eigenvalue weighted by molar-refractivity contribution is 5.43. The van der Waals surface area contributed by atoms with Gasteiger partial charge in [-0.25, -0.2) is 4.98 Å². The van der Waals surface area contributed by atoms with Gasteiger partial charge in [-0.05, 0) is 6.07 Å². The van der Waals surface area contributed by atoms with Gasteiger partial charge >= 0.3 is 0 Å². The zero-order valence-corrected chi connectivity index (χ0v) is 5.02. The van der Waals surface area contributed by atoms with E-state index in [1.165, 1.54) is 18.3 Å². The van der Waals surface area contributed by atoms with Crippen molar-refractivity contribution in [3.05, 3.63) is 18.3 Å². The van der Waals surface area contributed by atoms with Gasteiger partial charge < -0.3 is 9.84 Å². The second-order valence-electron chi connectivity index (χ2n) is 1.57. The fourth-order valence-corrected chi connectivity index (χ4v) is 0.491. The number of nitrogens with zero attached hydrogens (tertiary/aromatic N) is 1. The molecule has 1 rings (SSSR count). The minimum absolute atomic E-state index is 0.0400. The van der Waals surface area contributed by atoms with Gasteiger partial charge in [0.15, 0.2) is 0 Å². The Labute approximate surface area is 57.1 Å². The largest absolute Gasteiger partial charge is 0.506 e. The maximum absolute atomic E-state index is 9.73. The van der Waals surface area contributed by atoms with Crippen LogP contribution in [0.2, 0.25) is 0 Å². The number of carbonyl (C=O) groups is 1. The van der Waals surface area contributed by atoms with Gasteiger partial charge in [-0.15, -0.1) is 0 Å². The lowest BCUT2D eigenvalue weighted by molar-refractivity contribution is -0.120. The van der Waals surface area contributed by atoms with E-state index >= 15 is 0 Å². The average Bonchev–Trinajstić information content (AvgIpc) is 1.95. The van der Waals surface area contributed by atoms with Crippen molar-refractivity contribution in [2.45, 2.75) is 0 Å². The van der Waals surface area contributed by atoms with E-state index in [2.05, 4.69) is 9.72 Å². The van der Waals surface area contributed by atoms with Gasteiger partial charge in [0.2, 0.25) is 5.88 Å². The Morgan fingerprint density at radius 2 is 2.40 bits per heavy atom.